The van der Waals surface area contributed by atoms with Gasteiger partial charge in [0.25, 0.3) is 0 Å². The minimum Gasteiger partial charge on any atom is -0.478 e. The third-order valence-electron chi connectivity index (χ3n) is 3.91. The van der Waals surface area contributed by atoms with Gasteiger partial charge in [-0.3, -0.25) is 4.98 Å². The summed E-state index contributed by atoms with van der Waals surface area (Å²) in [4.78, 5) is 25.6. The number of likely N-dealkylation sites (N-methyl/N-ethyl adjacent to an activating group) is 1. The molecule has 7 nitrogen and oxygen atoms in total. The molecule has 0 saturated heterocycles. The molecule has 0 saturated carbocycles. The summed E-state index contributed by atoms with van der Waals surface area (Å²) < 4.78 is 0. The van der Waals surface area contributed by atoms with Crippen molar-refractivity contribution >= 4 is 23.3 Å². The monoisotopic (exact) mass is 349 g/mol. The zero-order valence-electron chi connectivity index (χ0n) is 14.3. The average molecular weight is 349 g/mol. The van der Waals surface area contributed by atoms with Gasteiger partial charge in [-0.25, -0.2) is 14.8 Å². The molecule has 0 aliphatic carbocycles. The van der Waals surface area contributed by atoms with Crippen LogP contribution in [-0.4, -0.2) is 39.6 Å². The van der Waals surface area contributed by atoms with Crippen molar-refractivity contribution in [3.63, 3.8) is 0 Å². The molecule has 0 atom stereocenters. The van der Waals surface area contributed by atoms with E-state index in [9.17, 15) is 4.79 Å². The molecule has 0 bridgehead atoms. The van der Waals surface area contributed by atoms with Crippen molar-refractivity contribution in [2.45, 2.75) is 6.42 Å². The summed E-state index contributed by atoms with van der Waals surface area (Å²) in [6.45, 7) is 0.801. The fraction of sp³-hybridized carbons (Fsp3) is 0.158. The van der Waals surface area contributed by atoms with Crippen molar-refractivity contribution in [2.24, 2.45) is 0 Å². The summed E-state index contributed by atoms with van der Waals surface area (Å²) in [6, 6.07) is 12.4. The van der Waals surface area contributed by atoms with Gasteiger partial charge in [0.15, 0.2) is 0 Å². The van der Waals surface area contributed by atoms with Gasteiger partial charge in [0.1, 0.15) is 18.0 Å². The van der Waals surface area contributed by atoms with E-state index in [2.05, 4.69) is 20.3 Å². The van der Waals surface area contributed by atoms with Crippen LogP contribution in [-0.2, 0) is 6.42 Å². The normalized spacial score (nSPS) is 10.3. The smallest absolute Gasteiger partial charge is 0.335 e. The van der Waals surface area contributed by atoms with E-state index in [0.29, 0.717) is 11.5 Å². The van der Waals surface area contributed by atoms with Crippen LogP contribution in [0.1, 0.15) is 15.9 Å². The topological polar surface area (TPSA) is 91.2 Å². The van der Waals surface area contributed by atoms with E-state index in [1.807, 2.05) is 30.1 Å². The van der Waals surface area contributed by atoms with E-state index in [1.54, 1.807) is 36.7 Å². The van der Waals surface area contributed by atoms with E-state index in [1.165, 1.54) is 11.9 Å². The second-order valence-electron chi connectivity index (χ2n) is 5.80. The first kappa shape index (κ1) is 17.3. The molecule has 0 fully saturated rings. The van der Waals surface area contributed by atoms with Crippen molar-refractivity contribution < 1.29 is 9.90 Å². The van der Waals surface area contributed by atoms with Crippen molar-refractivity contribution in [1.29, 1.82) is 0 Å². The van der Waals surface area contributed by atoms with Gasteiger partial charge in [-0.05, 0) is 42.3 Å². The highest BCUT2D eigenvalue weighted by Gasteiger charge is 2.07. The summed E-state index contributed by atoms with van der Waals surface area (Å²) in [5, 5.41) is 12.2. The van der Waals surface area contributed by atoms with Crippen LogP contribution in [0, 0.1) is 0 Å². The van der Waals surface area contributed by atoms with Crippen LogP contribution in [0.4, 0.5) is 17.3 Å². The number of aromatic carboxylic acids is 1. The molecule has 0 unspecified atom stereocenters. The maximum Gasteiger partial charge on any atom is 0.335 e. The first-order valence-electron chi connectivity index (χ1n) is 8.14. The fourth-order valence-electron chi connectivity index (χ4n) is 2.46. The van der Waals surface area contributed by atoms with Crippen molar-refractivity contribution in [3.8, 4) is 0 Å². The minimum atomic E-state index is -0.965. The summed E-state index contributed by atoms with van der Waals surface area (Å²) >= 11 is 0. The van der Waals surface area contributed by atoms with E-state index >= 15 is 0 Å². The average Bonchev–Trinajstić information content (AvgIpc) is 2.67. The molecule has 0 aliphatic heterocycles. The molecule has 0 amide bonds. The molecule has 0 aliphatic rings. The van der Waals surface area contributed by atoms with Gasteiger partial charge in [0, 0.05) is 37.7 Å². The van der Waals surface area contributed by atoms with Gasteiger partial charge in [-0.1, -0.05) is 6.07 Å². The number of carboxylic acids is 1. The maximum atomic E-state index is 11.1. The highest BCUT2D eigenvalue weighted by molar-refractivity contribution is 5.89. The van der Waals surface area contributed by atoms with Crippen molar-refractivity contribution in [1.82, 2.24) is 15.0 Å². The Labute approximate surface area is 151 Å². The van der Waals surface area contributed by atoms with E-state index in [0.717, 1.165) is 18.8 Å². The Morgan fingerprint density at radius 3 is 2.73 bits per heavy atom. The van der Waals surface area contributed by atoms with E-state index in [-0.39, 0.29) is 5.56 Å². The number of hydrogen-bond donors (Lipinski definition) is 2. The Kier molecular flexibility index (Phi) is 5.38. The Bertz CT molecular complexity index is 886. The second kappa shape index (κ2) is 8.06. The molecule has 0 radical (unpaired) electrons. The molecule has 132 valence electrons. The van der Waals surface area contributed by atoms with Crippen molar-refractivity contribution in [2.75, 3.05) is 23.8 Å². The van der Waals surface area contributed by atoms with Crippen molar-refractivity contribution in [3.05, 3.63) is 72.3 Å². The highest BCUT2D eigenvalue weighted by atomic mass is 16.4. The lowest BCUT2D eigenvalue weighted by Gasteiger charge is -2.18. The summed E-state index contributed by atoms with van der Waals surface area (Å²) in [5.41, 5.74) is 2.09. The Balaban J connectivity index is 1.67. The van der Waals surface area contributed by atoms with Gasteiger partial charge >= 0.3 is 5.97 Å². The SMILES string of the molecule is CN(CCc1ccncc1)c1cc(Nc2cccc(C(=O)O)c2)ncn1. The number of carbonyl (C=O) groups is 1. The van der Waals surface area contributed by atoms with Crippen LogP contribution in [0.3, 0.4) is 0 Å². The lowest BCUT2D eigenvalue weighted by atomic mass is 10.2. The van der Waals surface area contributed by atoms with E-state index < -0.39 is 5.97 Å². The van der Waals surface area contributed by atoms with Crippen LogP contribution >= 0.6 is 0 Å². The summed E-state index contributed by atoms with van der Waals surface area (Å²) in [5.74, 6) is 0.423. The number of pyridine rings is 1. The third-order valence-corrected chi connectivity index (χ3v) is 3.91. The maximum absolute atomic E-state index is 11.1. The molecule has 0 spiro atoms. The van der Waals surface area contributed by atoms with Gasteiger partial charge in [-0.15, -0.1) is 0 Å². The second-order valence-corrected chi connectivity index (χ2v) is 5.80. The van der Waals surface area contributed by atoms with Crippen LogP contribution < -0.4 is 10.2 Å². The van der Waals surface area contributed by atoms with E-state index in [4.69, 9.17) is 5.11 Å². The van der Waals surface area contributed by atoms with Gasteiger partial charge < -0.3 is 15.3 Å². The molecule has 2 aromatic heterocycles. The highest BCUT2D eigenvalue weighted by Crippen LogP contribution is 2.19. The molecular weight excluding hydrogens is 330 g/mol. The van der Waals surface area contributed by atoms with Crippen LogP contribution in [0.5, 0.6) is 0 Å². The number of carboxylic acid groups (broad SMARTS) is 1. The molecule has 26 heavy (non-hydrogen) atoms. The fourth-order valence-corrected chi connectivity index (χ4v) is 2.46. The van der Waals surface area contributed by atoms with Gasteiger partial charge in [0.2, 0.25) is 0 Å². The number of nitrogens with one attached hydrogen (secondary N) is 1. The standard InChI is InChI=1S/C19H19N5O2/c1-24(10-7-14-5-8-20-9-6-14)18-12-17(21-13-22-18)23-16-4-2-3-15(11-16)19(25)26/h2-6,8-9,11-13H,7,10H2,1H3,(H,25,26)(H,21,22,23). The first-order chi connectivity index (χ1) is 12.6. The number of hydrogen-bond acceptors (Lipinski definition) is 6. The largest absolute Gasteiger partial charge is 0.478 e. The summed E-state index contributed by atoms with van der Waals surface area (Å²) in [7, 11) is 1.97. The molecule has 7 heteroatoms. The molecule has 3 rings (SSSR count). The number of nitrogens with zero attached hydrogens (tertiary/aromatic N) is 4. The quantitative estimate of drug-likeness (QED) is 0.677. The number of rotatable bonds is 7. The lowest BCUT2D eigenvalue weighted by molar-refractivity contribution is 0.0697. The molecule has 2 heterocycles. The summed E-state index contributed by atoms with van der Waals surface area (Å²) in [6.07, 6.45) is 5.94. The van der Waals surface area contributed by atoms with Gasteiger partial charge in [-0.2, -0.15) is 0 Å². The lowest BCUT2D eigenvalue weighted by Crippen LogP contribution is -2.21. The number of anilines is 3. The molecule has 1 aromatic carbocycles. The van der Waals surface area contributed by atoms with Crippen LogP contribution in [0.15, 0.2) is 61.2 Å². The van der Waals surface area contributed by atoms with Gasteiger partial charge in [0.05, 0.1) is 5.56 Å². The van der Waals surface area contributed by atoms with Crippen LogP contribution in [0.25, 0.3) is 0 Å². The zero-order chi connectivity index (χ0) is 18.4. The minimum absolute atomic E-state index is 0.221. The Morgan fingerprint density at radius 2 is 1.96 bits per heavy atom. The molecule has 2 N–H and O–H groups in total. The van der Waals surface area contributed by atoms with Crippen LogP contribution in [0.2, 0.25) is 0 Å². The number of aromatic nitrogens is 3. The Morgan fingerprint density at radius 1 is 1.15 bits per heavy atom. The predicted molar refractivity (Wildman–Crippen MR) is 99.9 cm³/mol. The zero-order valence-corrected chi connectivity index (χ0v) is 14.3. The Hall–Kier alpha value is -3.48. The molecule has 3 aromatic rings. The molecular formula is C19H19N5O2. The predicted octanol–water partition coefficient (Wildman–Crippen LogP) is 2.99. The third kappa shape index (κ3) is 4.54. The number of benzene rings is 1. The first-order valence-corrected chi connectivity index (χ1v) is 8.14.